The molecule has 0 spiro atoms. The van der Waals surface area contributed by atoms with Crippen LogP contribution in [0.15, 0.2) is 24.3 Å². The number of carbonyl (C=O) groups excluding carboxylic acids is 1. The lowest BCUT2D eigenvalue weighted by Crippen LogP contribution is -2.50. The molecule has 0 radical (unpaired) electrons. The van der Waals surface area contributed by atoms with Crippen molar-refractivity contribution >= 4 is 5.91 Å². The fourth-order valence-electron chi connectivity index (χ4n) is 2.79. The van der Waals surface area contributed by atoms with Crippen LogP contribution in [0, 0.1) is 5.41 Å². The summed E-state index contributed by atoms with van der Waals surface area (Å²) in [6.07, 6.45) is 0. The van der Waals surface area contributed by atoms with E-state index in [1.54, 1.807) is 0 Å². The van der Waals surface area contributed by atoms with Gasteiger partial charge in [0.2, 0.25) is 0 Å². The molecule has 21 heavy (non-hydrogen) atoms. The molecule has 1 aliphatic heterocycles. The summed E-state index contributed by atoms with van der Waals surface area (Å²) in [5.74, 6) is 0.126. The lowest BCUT2D eigenvalue weighted by atomic mass is 9.96. The van der Waals surface area contributed by atoms with E-state index in [0.717, 1.165) is 43.9 Å². The number of rotatable bonds is 3. The van der Waals surface area contributed by atoms with Gasteiger partial charge in [0.15, 0.2) is 0 Å². The average Bonchev–Trinajstić information content (AvgIpc) is 2.46. The second-order valence-corrected chi connectivity index (χ2v) is 7.03. The molecule has 1 aliphatic rings. The number of hydrogen-bond donors (Lipinski definition) is 1. The first-order chi connectivity index (χ1) is 9.89. The van der Waals surface area contributed by atoms with Crippen LogP contribution in [-0.4, -0.2) is 48.4 Å². The van der Waals surface area contributed by atoms with Gasteiger partial charge in [-0.25, -0.2) is 0 Å². The van der Waals surface area contributed by atoms with E-state index in [4.69, 9.17) is 5.73 Å². The van der Waals surface area contributed by atoms with E-state index in [2.05, 4.69) is 25.7 Å². The highest BCUT2D eigenvalue weighted by atomic mass is 16.2. The number of amides is 1. The fourth-order valence-corrected chi connectivity index (χ4v) is 2.79. The lowest BCUT2D eigenvalue weighted by Gasteiger charge is -2.37. The normalized spacial score (nSPS) is 17.0. The molecular weight excluding hydrogens is 262 g/mol. The van der Waals surface area contributed by atoms with E-state index in [1.807, 2.05) is 29.2 Å². The first-order valence-corrected chi connectivity index (χ1v) is 7.70. The molecule has 0 aliphatic carbocycles. The quantitative estimate of drug-likeness (QED) is 0.925. The molecule has 1 heterocycles. The minimum Gasteiger partial charge on any atom is -0.336 e. The van der Waals surface area contributed by atoms with Crippen LogP contribution in [0.5, 0.6) is 0 Å². The van der Waals surface area contributed by atoms with Gasteiger partial charge in [-0.05, 0) is 23.1 Å². The average molecular weight is 289 g/mol. The predicted octanol–water partition coefficient (Wildman–Crippen LogP) is 1.95. The highest BCUT2D eigenvalue weighted by molar-refractivity contribution is 5.94. The Morgan fingerprint density at radius 1 is 1.19 bits per heavy atom. The largest absolute Gasteiger partial charge is 0.336 e. The smallest absolute Gasteiger partial charge is 0.253 e. The molecule has 4 heteroatoms. The Labute approximate surface area is 127 Å². The van der Waals surface area contributed by atoms with E-state index >= 15 is 0 Å². The van der Waals surface area contributed by atoms with Crippen molar-refractivity contribution in [2.45, 2.75) is 27.3 Å². The van der Waals surface area contributed by atoms with Gasteiger partial charge in [-0.2, -0.15) is 0 Å². The Balaban J connectivity index is 1.94. The van der Waals surface area contributed by atoms with Crippen molar-refractivity contribution in [3.63, 3.8) is 0 Å². The van der Waals surface area contributed by atoms with Gasteiger partial charge in [0.1, 0.15) is 0 Å². The maximum absolute atomic E-state index is 12.5. The van der Waals surface area contributed by atoms with Gasteiger partial charge in [-0.15, -0.1) is 0 Å². The van der Waals surface area contributed by atoms with Gasteiger partial charge in [0.25, 0.3) is 5.91 Å². The highest BCUT2D eigenvalue weighted by Crippen LogP contribution is 2.17. The molecule has 0 atom stereocenters. The van der Waals surface area contributed by atoms with Crippen LogP contribution >= 0.6 is 0 Å². The van der Waals surface area contributed by atoms with Gasteiger partial charge in [0, 0.05) is 44.8 Å². The molecular formula is C17H27N3O. The minimum atomic E-state index is 0.126. The van der Waals surface area contributed by atoms with Crippen molar-refractivity contribution in [3.8, 4) is 0 Å². The molecule has 1 amide bonds. The molecule has 1 aromatic carbocycles. The second-order valence-electron chi connectivity index (χ2n) is 7.03. The topological polar surface area (TPSA) is 49.6 Å². The van der Waals surface area contributed by atoms with Crippen molar-refractivity contribution in [3.05, 3.63) is 35.4 Å². The van der Waals surface area contributed by atoms with Gasteiger partial charge < -0.3 is 10.6 Å². The minimum absolute atomic E-state index is 0.126. The van der Waals surface area contributed by atoms with Crippen molar-refractivity contribution in [1.82, 2.24) is 9.80 Å². The molecule has 0 aromatic heterocycles. The standard InChI is InChI=1S/C17H27N3O/c1-17(2,3)13-19-7-9-20(10-8-19)16(21)15-6-4-5-14(11-15)12-18/h4-6,11H,7-10,12-13,18H2,1-3H3. The molecule has 1 fully saturated rings. The molecule has 4 nitrogen and oxygen atoms in total. The highest BCUT2D eigenvalue weighted by Gasteiger charge is 2.24. The van der Waals surface area contributed by atoms with Gasteiger partial charge in [0.05, 0.1) is 0 Å². The first kappa shape index (κ1) is 16.0. The van der Waals surface area contributed by atoms with Crippen LogP contribution in [-0.2, 0) is 6.54 Å². The van der Waals surface area contributed by atoms with Crippen LogP contribution in [0.4, 0.5) is 0 Å². The van der Waals surface area contributed by atoms with Gasteiger partial charge in [-0.1, -0.05) is 32.9 Å². The van der Waals surface area contributed by atoms with Crippen LogP contribution in [0.3, 0.4) is 0 Å². The molecule has 116 valence electrons. The molecule has 0 unspecified atom stereocenters. The third kappa shape index (κ3) is 4.55. The Kier molecular flexibility index (Phi) is 5.01. The number of hydrogen-bond acceptors (Lipinski definition) is 3. The maximum Gasteiger partial charge on any atom is 0.253 e. The van der Waals surface area contributed by atoms with E-state index in [9.17, 15) is 4.79 Å². The summed E-state index contributed by atoms with van der Waals surface area (Å²) in [6.45, 7) is 11.8. The van der Waals surface area contributed by atoms with Crippen molar-refractivity contribution in [2.24, 2.45) is 11.1 Å². The fraction of sp³-hybridized carbons (Fsp3) is 0.588. The summed E-state index contributed by atoms with van der Waals surface area (Å²) >= 11 is 0. The zero-order valence-corrected chi connectivity index (χ0v) is 13.4. The first-order valence-electron chi connectivity index (χ1n) is 7.70. The third-order valence-electron chi connectivity index (χ3n) is 3.77. The summed E-state index contributed by atoms with van der Waals surface area (Å²) in [5, 5.41) is 0. The SMILES string of the molecule is CC(C)(C)CN1CCN(C(=O)c2cccc(CN)c2)CC1. The maximum atomic E-state index is 12.5. The van der Waals surface area contributed by atoms with E-state index in [1.165, 1.54) is 0 Å². The summed E-state index contributed by atoms with van der Waals surface area (Å²) in [5.41, 5.74) is 7.71. The zero-order chi connectivity index (χ0) is 15.5. The Hall–Kier alpha value is -1.39. The van der Waals surface area contributed by atoms with Crippen LogP contribution < -0.4 is 5.73 Å². The van der Waals surface area contributed by atoms with Crippen molar-refractivity contribution < 1.29 is 4.79 Å². The summed E-state index contributed by atoms with van der Waals surface area (Å²) in [7, 11) is 0. The number of benzene rings is 1. The third-order valence-corrected chi connectivity index (χ3v) is 3.77. The van der Waals surface area contributed by atoms with Crippen LogP contribution in [0.2, 0.25) is 0 Å². The molecule has 1 saturated heterocycles. The van der Waals surface area contributed by atoms with E-state index in [0.29, 0.717) is 12.0 Å². The monoisotopic (exact) mass is 289 g/mol. The molecule has 2 rings (SSSR count). The van der Waals surface area contributed by atoms with Gasteiger partial charge in [-0.3, -0.25) is 9.69 Å². The number of nitrogens with two attached hydrogens (primary N) is 1. The van der Waals surface area contributed by atoms with Crippen LogP contribution in [0.1, 0.15) is 36.7 Å². The molecule has 0 saturated carbocycles. The Morgan fingerprint density at radius 2 is 1.86 bits per heavy atom. The molecule has 1 aromatic rings. The van der Waals surface area contributed by atoms with E-state index in [-0.39, 0.29) is 5.91 Å². The number of nitrogens with zero attached hydrogens (tertiary/aromatic N) is 2. The zero-order valence-electron chi connectivity index (χ0n) is 13.4. The number of piperazine rings is 1. The predicted molar refractivity (Wildman–Crippen MR) is 86.1 cm³/mol. The second kappa shape index (κ2) is 6.58. The van der Waals surface area contributed by atoms with E-state index < -0.39 is 0 Å². The van der Waals surface area contributed by atoms with Crippen molar-refractivity contribution in [1.29, 1.82) is 0 Å². The Morgan fingerprint density at radius 3 is 2.43 bits per heavy atom. The van der Waals surface area contributed by atoms with Gasteiger partial charge >= 0.3 is 0 Å². The van der Waals surface area contributed by atoms with Crippen molar-refractivity contribution in [2.75, 3.05) is 32.7 Å². The molecule has 0 bridgehead atoms. The lowest BCUT2D eigenvalue weighted by molar-refractivity contribution is 0.0592. The number of carbonyl (C=O) groups is 1. The summed E-state index contributed by atoms with van der Waals surface area (Å²) in [4.78, 5) is 16.9. The summed E-state index contributed by atoms with van der Waals surface area (Å²) in [6, 6.07) is 7.65. The summed E-state index contributed by atoms with van der Waals surface area (Å²) < 4.78 is 0. The molecule has 2 N–H and O–H groups in total. The Bertz CT molecular complexity index is 485. The van der Waals surface area contributed by atoms with Crippen LogP contribution in [0.25, 0.3) is 0 Å².